The molecular weight excluding hydrogens is 290 g/mol. The van der Waals surface area contributed by atoms with Crippen LogP contribution in [-0.2, 0) is 16.4 Å². The fourth-order valence-corrected chi connectivity index (χ4v) is 2.49. The molecule has 6 heteroatoms. The summed E-state index contributed by atoms with van der Waals surface area (Å²) < 4.78 is 33.9. The zero-order valence-electron chi connectivity index (χ0n) is 11.9. The fraction of sp³-hybridized carbons (Fsp3) is 0.200. The van der Waals surface area contributed by atoms with Gasteiger partial charge in [0.1, 0.15) is 18.1 Å². The van der Waals surface area contributed by atoms with E-state index in [1.54, 1.807) is 31.4 Å². The van der Waals surface area contributed by atoms with Crippen molar-refractivity contribution in [3.63, 3.8) is 0 Å². The lowest BCUT2D eigenvalue weighted by Gasteiger charge is -2.11. The quantitative estimate of drug-likeness (QED) is 0.857. The van der Waals surface area contributed by atoms with Crippen molar-refractivity contribution < 1.29 is 17.9 Å². The van der Waals surface area contributed by atoms with Gasteiger partial charge in [-0.3, -0.25) is 0 Å². The summed E-state index contributed by atoms with van der Waals surface area (Å²) in [5.41, 5.74) is 7.13. The molecule has 0 unspecified atom stereocenters. The van der Waals surface area contributed by atoms with Crippen LogP contribution in [-0.4, -0.2) is 21.8 Å². The van der Waals surface area contributed by atoms with E-state index < -0.39 is 9.84 Å². The van der Waals surface area contributed by atoms with Crippen molar-refractivity contribution in [1.82, 2.24) is 0 Å². The number of anilines is 1. The molecule has 0 radical (unpaired) electrons. The van der Waals surface area contributed by atoms with E-state index in [1.165, 1.54) is 12.1 Å². The summed E-state index contributed by atoms with van der Waals surface area (Å²) in [5, 5.41) is 0. The van der Waals surface area contributed by atoms with E-state index in [2.05, 4.69) is 0 Å². The second-order valence-electron chi connectivity index (χ2n) is 4.61. The molecule has 0 saturated carbocycles. The zero-order valence-corrected chi connectivity index (χ0v) is 12.7. The molecule has 2 aromatic rings. The molecule has 2 rings (SSSR count). The first-order chi connectivity index (χ1) is 9.90. The Morgan fingerprint density at radius 3 is 2.57 bits per heavy atom. The van der Waals surface area contributed by atoms with Crippen molar-refractivity contribution in [3.8, 4) is 11.5 Å². The van der Waals surface area contributed by atoms with Crippen LogP contribution in [0.25, 0.3) is 0 Å². The third-order valence-corrected chi connectivity index (χ3v) is 4.05. The van der Waals surface area contributed by atoms with Gasteiger partial charge < -0.3 is 15.2 Å². The Labute approximate surface area is 124 Å². The summed E-state index contributed by atoms with van der Waals surface area (Å²) >= 11 is 0. The molecule has 0 aromatic heterocycles. The van der Waals surface area contributed by atoms with Gasteiger partial charge in [0.2, 0.25) is 0 Å². The van der Waals surface area contributed by atoms with Crippen molar-refractivity contribution in [2.24, 2.45) is 0 Å². The molecule has 0 amide bonds. The standard InChI is InChI=1S/C15H17NO4S/c1-19-15-8-12(16)7-6-11(15)10-20-13-4-3-5-14(9-13)21(2,17)18/h3-9H,10,16H2,1-2H3. The van der Waals surface area contributed by atoms with Gasteiger partial charge in [-0.05, 0) is 30.3 Å². The highest BCUT2D eigenvalue weighted by Crippen LogP contribution is 2.24. The molecule has 0 heterocycles. The van der Waals surface area contributed by atoms with E-state index in [-0.39, 0.29) is 11.5 Å². The van der Waals surface area contributed by atoms with Gasteiger partial charge in [-0.2, -0.15) is 0 Å². The van der Waals surface area contributed by atoms with Gasteiger partial charge in [0.05, 0.1) is 12.0 Å². The van der Waals surface area contributed by atoms with E-state index in [0.29, 0.717) is 17.2 Å². The summed E-state index contributed by atoms with van der Waals surface area (Å²) in [6.45, 7) is 0.261. The maximum atomic E-state index is 11.5. The molecule has 0 spiro atoms. The number of ether oxygens (including phenoxy) is 2. The van der Waals surface area contributed by atoms with Gasteiger partial charge in [-0.1, -0.05) is 6.07 Å². The van der Waals surface area contributed by atoms with E-state index >= 15 is 0 Å². The van der Waals surface area contributed by atoms with E-state index in [1.807, 2.05) is 6.07 Å². The number of sulfone groups is 1. The van der Waals surface area contributed by atoms with Crippen molar-refractivity contribution in [3.05, 3.63) is 48.0 Å². The first-order valence-electron chi connectivity index (χ1n) is 6.25. The molecule has 0 bridgehead atoms. The topological polar surface area (TPSA) is 78.6 Å². The van der Waals surface area contributed by atoms with Crippen LogP contribution in [0.4, 0.5) is 5.69 Å². The lowest BCUT2D eigenvalue weighted by molar-refractivity contribution is 0.296. The predicted molar refractivity (Wildman–Crippen MR) is 81.3 cm³/mol. The smallest absolute Gasteiger partial charge is 0.175 e. The summed E-state index contributed by atoms with van der Waals surface area (Å²) in [6, 6.07) is 11.7. The molecule has 0 atom stereocenters. The molecule has 2 aromatic carbocycles. The van der Waals surface area contributed by atoms with Gasteiger partial charge in [0, 0.05) is 23.6 Å². The Hall–Kier alpha value is -2.21. The van der Waals surface area contributed by atoms with Gasteiger partial charge in [-0.25, -0.2) is 8.42 Å². The van der Waals surface area contributed by atoms with Crippen LogP contribution in [0.2, 0.25) is 0 Å². The minimum absolute atomic E-state index is 0.226. The number of nitrogen functional groups attached to an aromatic ring is 1. The van der Waals surface area contributed by atoms with Crippen molar-refractivity contribution in [2.45, 2.75) is 11.5 Å². The predicted octanol–water partition coefficient (Wildman–Crippen LogP) is 2.26. The monoisotopic (exact) mass is 307 g/mol. The fourth-order valence-electron chi connectivity index (χ4n) is 1.84. The lowest BCUT2D eigenvalue weighted by Crippen LogP contribution is -2.01. The number of methoxy groups -OCH3 is 1. The van der Waals surface area contributed by atoms with Gasteiger partial charge in [-0.15, -0.1) is 0 Å². The lowest BCUT2D eigenvalue weighted by atomic mass is 10.2. The Balaban J connectivity index is 2.17. The Morgan fingerprint density at radius 1 is 1.14 bits per heavy atom. The van der Waals surface area contributed by atoms with Crippen molar-refractivity contribution >= 4 is 15.5 Å². The van der Waals surface area contributed by atoms with Crippen LogP contribution in [0, 0.1) is 0 Å². The summed E-state index contributed by atoms with van der Waals surface area (Å²) in [7, 11) is -1.69. The van der Waals surface area contributed by atoms with E-state index in [4.69, 9.17) is 15.2 Å². The Bertz CT molecular complexity index is 741. The average Bonchev–Trinajstić information content (AvgIpc) is 2.45. The number of benzene rings is 2. The highest BCUT2D eigenvalue weighted by Gasteiger charge is 2.09. The number of hydrogen-bond donors (Lipinski definition) is 1. The van der Waals surface area contributed by atoms with Crippen molar-refractivity contribution in [1.29, 1.82) is 0 Å². The van der Waals surface area contributed by atoms with Crippen LogP contribution in [0.15, 0.2) is 47.4 Å². The zero-order chi connectivity index (χ0) is 15.5. The SMILES string of the molecule is COc1cc(N)ccc1COc1cccc(S(C)(=O)=O)c1. The maximum absolute atomic E-state index is 11.5. The third-order valence-electron chi connectivity index (χ3n) is 2.94. The van der Waals surface area contributed by atoms with Gasteiger partial charge >= 0.3 is 0 Å². The highest BCUT2D eigenvalue weighted by molar-refractivity contribution is 7.90. The molecule has 0 aliphatic heterocycles. The molecule has 2 N–H and O–H groups in total. The molecule has 0 fully saturated rings. The first-order valence-corrected chi connectivity index (χ1v) is 8.14. The summed E-state index contributed by atoms with van der Waals surface area (Å²) in [4.78, 5) is 0.226. The Kier molecular flexibility index (Phi) is 4.37. The highest BCUT2D eigenvalue weighted by atomic mass is 32.2. The second-order valence-corrected chi connectivity index (χ2v) is 6.62. The van der Waals surface area contributed by atoms with E-state index in [9.17, 15) is 8.42 Å². The average molecular weight is 307 g/mol. The van der Waals surface area contributed by atoms with Crippen LogP contribution >= 0.6 is 0 Å². The van der Waals surface area contributed by atoms with Crippen LogP contribution < -0.4 is 15.2 Å². The molecule has 0 aliphatic rings. The molecular formula is C15H17NO4S. The van der Waals surface area contributed by atoms with Gasteiger partial charge in [0.25, 0.3) is 0 Å². The van der Waals surface area contributed by atoms with Crippen LogP contribution in [0.3, 0.4) is 0 Å². The first kappa shape index (κ1) is 15.2. The summed E-state index contributed by atoms with van der Waals surface area (Å²) in [6.07, 6.45) is 1.16. The molecule has 0 saturated heterocycles. The van der Waals surface area contributed by atoms with Gasteiger partial charge in [0.15, 0.2) is 9.84 Å². The minimum atomic E-state index is -3.25. The molecule has 21 heavy (non-hydrogen) atoms. The molecule has 0 aliphatic carbocycles. The van der Waals surface area contributed by atoms with Crippen LogP contribution in [0.5, 0.6) is 11.5 Å². The summed E-state index contributed by atoms with van der Waals surface area (Å²) in [5.74, 6) is 1.12. The Morgan fingerprint density at radius 2 is 1.90 bits per heavy atom. The largest absolute Gasteiger partial charge is 0.496 e. The molecule has 112 valence electrons. The van der Waals surface area contributed by atoms with Crippen LogP contribution in [0.1, 0.15) is 5.56 Å². The normalized spacial score (nSPS) is 11.1. The van der Waals surface area contributed by atoms with Crippen molar-refractivity contribution in [2.75, 3.05) is 19.1 Å². The number of hydrogen-bond acceptors (Lipinski definition) is 5. The molecule has 5 nitrogen and oxygen atoms in total. The minimum Gasteiger partial charge on any atom is -0.496 e. The second kappa shape index (κ2) is 6.05. The van der Waals surface area contributed by atoms with E-state index in [0.717, 1.165) is 11.8 Å². The maximum Gasteiger partial charge on any atom is 0.175 e. The third kappa shape index (κ3) is 3.88. The number of nitrogens with two attached hydrogens (primary N) is 1. The number of rotatable bonds is 5.